The zero-order chi connectivity index (χ0) is 24.8. The Morgan fingerprint density at radius 2 is 1.71 bits per heavy atom. The molecule has 0 bridgehead atoms. The fourth-order valence-electron chi connectivity index (χ4n) is 4.79. The van der Waals surface area contributed by atoms with Crippen LogP contribution in [-0.4, -0.2) is 51.4 Å². The number of hydrogen-bond acceptors (Lipinski definition) is 5. The summed E-state index contributed by atoms with van der Waals surface area (Å²) in [4.78, 5) is 27.7. The third-order valence-corrected chi connectivity index (χ3v) is 8.15. The quantitative estimate of drug-likeness (QED) is 0.603. The minimum Gasteiger partial charge on any atom is -0.497 e. The highest BCUT2D eigenvalue weighted by Gasteiger charge is 2.30. The number of carbonyl (C=O) groups is 2. The Bertz CT molecular complexity index is 1140. The molecule has 1 aliphatic heterocycles. The molecule has 9 heteroatoms. The molecule has 0 radical (unpaired) electrons. The minimum absolute atomic E-state index is 0.0525. The first-order chi connectivity index (χ1) is 16.9. The molecule has 2 aliphatic rings. The van der Waals surface area contributed by atoms with Crippen LogP contribution in [0.1, 0.15) is 55.3 Å². The maximum atomic E-state index is 13.1. The van der Waals surface area contributed by atoms with E-state index in [2.05, 4.69) is 10.0 Å². The number of hydrogen-bond donors (Lipinski definition) is 2. The van der Waals surface area contributed by atoms with E-state index in [0.717, 1.165) is 38.5 Å². The topological polar surface area (TPSA) is 105 Å². The van der Waals surface area contributed by atoms with Crippen LogP contribution in [0.4, 0.5) is 5.69 Å². The summed E-state index contributed by atoms with van der Waals surface area (Å²) in [5.41, 5.74) is 0.815. The van der Waals surface area contributed by atoms with Crippen molar-refractivity contribution in [2.75, 3.05) is 24.9 Å². The third kappa shape index (κ3) is 6.33. The van der Waals surface area contributed by atoms with Crippen molar-refractivity contribution < 1.29 is 22.7 Å². The number of ether oxygens (including phenoxy) is 1. The molecule has 2 fully saturated rings. The summed E-state index contributed by atoms with van der Waals surface area (Å²) in [6.07, 6.45) is 7.20. The van der Waals surface area contributed by atoms with Gasteiger partial charge in [0.2, 0.25) is 5.91 Å². The van der Waals surface area contributed by atoms with Crippen LogP contribution in [0.3, 0.4) is 0 Å². The van der Waals surface area contributed by atoms with Crippen molar-refractivity contribution in [2.45, 2.75) is 55.9 Å². The van der Waals surface area contributed by atoms with Gasteiger partial charge in [-0.15, -0.1) is 0 Å². The van der Waals surface area contributed by atoms with Gasteiger partial charge in [-0.1, -0.05) is 25.3 Å². The van der Waals surface area contributed by atoms with Crippen LogP contribution in [0, 0.1) is 5.92 Å². The van der Waals surface area contributed by atoms with Crippen molar-refractivity contribution >= 4 is 27.5 Å². The van der Waals surface area contributed by atoms with Gasteiger partial charge in [0.25, 0.3) is 15.9 Å². The average Bonchev–Trinajstić information content (AvgIpc) is 2.89. The van der Waals surface area contributed by atoms with Crippen LogP contribution in [0.2, 0.25) is 0 Å². The Labute approximate surface area is 207 Å². The monoisotopic (exact) mass is 499 g/mol. The van der Waals surface area contributed by atoms with Crippen LogP contribution >= 0.6 is 0 Å². The van der Waals surface area contributed by atoms with E-state index in [1.54, 1.807) is 41.3 Å². The molecule has 2 amide bonds. The molecule has 2 aromatic rings. The second-order valence-corrected chi connectivity index (χ2v) is 11.0. The SMILES string of the molecule is COc1cccc(S(=O)(=O)Nc2ccc(C(=O)N3CCC[C@H](C(=O)NC4CCCCC4)C3)cc2)c1. The third-order valence-electron chi connectivity index (χ3n) is 6.77. The molecular weight excluding hydrogens is 466 g/mol. The Hall–Kier alpha value is -3.07. The number of rotatable bonds is 7. The molecule has 1 aliphatic carbocycles. The minimum atomic E-state index is -3.80. The zero-order valence-corrected chi connectivity index (χ0v) is 20.9. The molecule has 2 N–H and O–H groups in total. The van der Waals surface area contributed by atoms with Gasteiger partial charge in [0, 0.05) is 36.4 Å². The zero-order valence-electron chi connectivity index (χ0n) is 20.0. The van der Waals surface area contributed by atoms with Gasteiger partial charge in [0.1, 0.15) is 5.75 Å². The van der Waals surface area contributed by atoms with Crippen LogP contribution in [0.25, 0.3) is 0 Å². The highest BCUT2D eigenvalue weighted by Crippen LogP contribution is 2.24. The normalized spacial score (nSPS) is 19.1. The molecular formula is C26H33N3O5S. The first-order valence-electron chi connectivity index (χ1n) is 12.2. The van der Waals surface area contributed by atoms with E-state index in [1.807, 2.05) is 0 Å². The van der Waals surface area contributed by atoms with Gasteiger partial charge >= 0.3 is 0 Å². The van der Waals surface area contributed by atoms with Crippen LogP contribution in [-0.2, 0) is 14.8 Å². The average molecular weight is 500 g/mol. The number of sulfonamides is 1. The van der Waals surface area contributed by atoms with E-state index in [-0.39, 0.29) is 28.7 Å². The van der Waals surface area contributed by atoms with Gasteiger partial charge < -0.3 is 15.0 Å². The predicted molar refractivity (Wildman–Crippen MR) is 134 cm³/mol. The Kier molecular flexibility index (Phi) is 7.95. The summed E-state index contributed by atoms with van der Waals surface area (Å²) < 4.78 is 33.0. The van der Waals surface area contributed by atoms with E-state index >= 15 is 0 Å². The highest BCUT2D eigenvalue weighted by atomic mass is 32.2. The van der Waals surface area contributed by atoms with Crippen molar-refractivity contribution in [2.24, 2.45) is 5.92 Å². The molecule has 2 aromatic carbocycles. The van der Waals surface area contributed by atoms with Crippen molar-refractivity contribution in [1.82, 2.24) is 10.2 Å². The Morgan fingerprint density at radius 1 is 0.971 bits per heavy atom. The molecule has 0 unspecified atom stereocenters. The molecule has 1 atom stereocenters. The largest absolute Gasteiger partial charge is 0.497 e. The van der Waals surface area contributed by atoms with Gasteiger partial charge in [0.15, 0.2) is 0 Å². The molecule has 1 saturated heterocycles. The van der Waals surface area contributed by atoms with E-state index in [4.69, 9.17) is 4.74 Å². The molecule has 0 aromatic heterocycles. The highest BCUT2D eigenvalue weighted by molar-refractivity contribution is 7.92. The lowest BCUT2D eigenvalue weighted by atomic mass is 9.93. The molecule has 1 heterocycles. The molecule has 0 spiro atoms. The van der Waals surface area contributed by atoms with E-state index in [9.17, 15) is 18.0 Å². The summed E-state index contributed by atoms with van der Waals surface area (Å²) in [6, 6.07) is 12.8. The van der Waals surface area contributed by atoms with Gasteiger partial charge in [-0.3, -0.25) is 14.3 Å². The van der Waals surface area contributed by atoms with E-state index in [0.29, 0.717) is 30.1 Å². The summed E-state index contributed by atoms with van der Waals surface area (Å²) in [5.74, 6) is 0.156. The van der Waals surface area contributed by atoms with E-state index < -0.39 is 10.0 Å². The summed E-state index contributed by atoms with van der Waals surface area (Å²) in [7, 11) is -2.32. The molecule has 35 heavy (non-hydrogen) atoms. The van der Waals surface area contributed by atoms with Crippen LogP contribution < -0.4 is 14.8 Å². The van der Waals surface area contributed by atoms with Gasteiger partial charge in [-0.25, -0.2) is 8.42 Å². The maximum absolute atomic E-state index is 13.1. The number of nitrogens with zero attached hydrogens (tertiary/aromatic N) is 1. The van der Waals surface area contributed by atoms with Crippen molar-refractivity contribution in [1.29, 1.82) is 0 Å². The Morgan fingerprint density at radius 3 is 2.43 bits per heavy atom. The van der Waals surface area contributed by atoms with Crippen LogP contribution in [0.5, 0.6) is 5.75 Å². The molecule has 1 saturated carbocycles. The standard InChI is InChI=1S/C26H33N3O5S/c1-34-23-10-5-11-24(17-23)35(32,33)28-22-14-12-19(13-15-22)26(31)29-16-6-7-20(18-29)25(30)27-21-8-3-2-4-9-21/h5,10-15,17,20-21,28H,2-4,6-9,16,18H2,1H3,(H,27,30)/t20-/m0/s1. The molecule has 188 valence electrons. The Balaban J connectivity index is 1.36. The smallest absolute Gasteiger partial charge is 0.262 e. The lowest BCUT2D eigenvalue weighted by Gasteiger charge is -2.33. The molecule has 4 rings (SSSR count). The number of likely N-dealkylation sites (tertiary alicyclic amines) is 1. The van der Waals surface area contributed by atoms with Crippen molar-refractivity contribution in [3.8, 4) is 5.75 Å². The molecule has 8 nitrogen and oxygen atoms in total. The number of carbonyl (C=O) groups excluding carboxylic acids is 2. The van der Waals surface area contributed by atoms with Crippen molar-refractivity contribution in [3.05, 3.63) is 54.1 Å². The second-order valence-electron chi connectivity index (χ2n) is 9.30. The van der Waals surface area contributed by atoms with Crippen LogP contribution in [0.15, 0.2) is 53.4 Å². The number of piperidine rings is 1. The first kappa shape index (κ1) is 25.0. The lowest BCUT2D eigenvalue weighted by molar-refractivity contribution is -0.127. The maximum Gasteiger partial charge on any atom is 0.262 e. The van der Waals surface area contributed by atoms with Gasteiger partial charge in [0.05, 0.1) is 17.9 Å². The van der Waals surface area contributed by atoms with Gasteiger partial charge in [-0.05, 0) is 62.1 Å². The van der Waals surface area contributed by atoms with Gasteiger partial charge in [-0.2, -0.15) is 0 Å². The summed E-state index contributed by atoms with van der Waals surface area (Å²) in [6.45, 7) is 1.01. The van der Waals surface area contributed by atoms with Crippen molar-refractivity contribution in [3.63, 3.8) is 0 Å². The predicted octanol–water partition coefficient (Wildman–Crippen LogP) is 3.80. The fraction of sp³-hybridized carbons (Fsp3) is 0.462. The number of nitrogens with one attached hydrogen (secondary N) is 2. The second kappa shape index (κ2) is 11.1. The summed E-state index contributed by atoms with van der Waals surface area (Å²) in [5, 5.41) is 3.19. The first-order valence-corrected chi connectivity index (χ1v) is 13.7. The van der Waals surface area contributed by atoms with E-state index in [1.165, 1.54) is 25.7 Å². The number of benzene rings is 2. The number of methoxy groups -OCH3 is 1. The summed E-state index contributed by atoms with van der Waals surface area (Å²) >= 11 is 0. The lowest BCUT2D eigenvalue weighted by Crippen LogP contribution is -2.47. The fourth-order valence-corrected chi connectivity index (χ4v) is 5.88. The number of amides is 2. The number of anilines is 1.